The fourth-order valence-corrected chi connectivity index (χ4v) is 3.71. The molecule has 1 fully saturated rings. The summed E-state index contributed by atoms with van der Waals surface area (Å²) in [6.07, 6.45) is 0.0318. The van der Waals surface area contributed by atoms with Crippen LogP contribution in [-0.4, -0.2) is 47.8 Å². The normalized spacial score (nSPS) is 14.8. The van der Waals surface area contributed by atoms with Gasteiger partial charge in [0.25, 0.3) is 11.8 Å². The first-order valence-electron chi connectivity index (χ1n) is 11.0. The van der Waals surface area contributed by atoms with Crippen LogP contribution in [0.3, 0.4) is 0 Å². The van der Waals surface area contributed by atoms with E-state index in [0.29, 0.717) is 42.9 Å². The molecule has 0 aliphatic carbocycles. The van der Waals surface area contributed by atoms with Gasteiger partial charge in [0.15, 0.2) is 6.10 Å². The largest absolute Gasteiger partial charge is 0.452 e. The quantitative estimate of drug-likeness (QED) is 0.655. The molecule has 2 aromatic rings. The van der Waals surface area contributed by atoms with Crippen LogP contribution in [0.5, 0.6) is 0 Å². The summed E-state index contributed by atoms with van der Waals surface area (Å²) >= 11 is 0. The number of nitrogens with zero attached hydrogens (tertiary/aromatic N) is 1. The fraction of sp³-hybridized carbons (Fsp3) is 0.360. The van der Waals surface area contributed by atoms with Crippen LogP contribution in [0.4, 0.5) is 11.4 Å². The lowest BCUT2D eigenvalue weighted by Gasteiger charge is -2.31. The zero-order valence-corrected chi connectivity index (χ0v) is 19.1. The number of benzene rings is 2. The van der Waals surface area contributed by atoms with Gasteiger partial charge in [0.1, 0.15) is 0 Å². The van der Waals surface area contributed by atoms with Gasteiger partial charge in [0.05, 0.1) is 5.92 Å². The van der Waals surface area contributed by atoms with Crippen LogP contribution in [0.1, 0.15) is 42.6 Å². The number of rotatable bonds is 6. The van der Waals surface area contributed by atoms with Crippen LogP contribution in [0, 0.1) is 12.8 Å². The van der Waals surface area contributed by atoms with Gasteiger partial charge in [-0.05, 0) is 62.6 Å². The standard InChI is InChI=1S/C25H29N3O5/c1-16-6-4-5-7-22(16)24(31)28-14-12-19(13-15-28)25(32)33-17(2)23(30)27-21-10-8-20(9-11-21)26-18(3)29/h4-11,17,19H,12-15H2,1-3H3,(H,26,29)(H,27,30)/t17-/m0/s1. The Hall–Kier alpha value is -3.68. The Morgan fingerprint density at radius 1 is 0.939 bits per heavy atom. The third kappa shape index (κ3) is 6.41. The Labute approximate surface area is 193 Å². The minimum absolute atomic E-state index is 0.0304. The second-order valence-electron chi connectivity index (χ2n) is 8.21. The lowest BCUT2D eigenvalue weighted by Crippen LogP contribution is -2.42. The topological polar surface area (TPSA) is 105 Å². The summed E-state index contributed by atoms with van der Waals surface area (Å²) in [4.78, 5) is 50.6. The maximum atomic E-state index is 12.7. The van der Waals surface area contributed by atoms with Gasteiger partial charge >= 0.3 is 5.97 Å². The van der Waals surface area contributed by atoms with E-state index >= 15 is 0 Å². The zero-order valence-electron chi connectivity index (χ0n) is 19.1. The number of piperidine rings is 1. The molecule has 0 spiro atoms. The highest BCUT2D eigenvalue weighted by Gasteiger charge is 2.31. The molecule has 0 bridgehead atoms. The van der Waals surface area contributed by atoms with Crippen molar-refractivity contribution in [1.29, 1.82) is 0 Å². The maximum absolute atomic E-state index is 12.7. The molecule has 1 saturated heterocycles. The Bertz CT molecular complexity index is 1030. The van der Waals surface area contributed by atoms with E-state index < -0.39 is 18.0 Å². The van der Waals surface area contributed by atoms with E-state index in [1.807, 2.05) is 31.2 Å². The first-order valence-corrected chi connectivity index (χ1v) is 11.0. The lowest BCUT2D eigenvalue weighted by atomic mass is 9.96. The van der Waals surface area contributed by atoms with Crippen LogP contribution in [0.25, 0.3) is 0 Å². The van der Waals surface area contributed by atoms with Crippen LogP contribution < -0.4 is 10.6 Å². The molecule has 1 aliphatic heterocycles. The highest BCUT2D eigenvalue weighted by molar-refractivity contribution is 5.96. The minimum atomic E-state index is -0.959. The second-order valence-corrected chi connectivity index (χ2v) is 8.21. The number of esters is 1. The van der Waals surface area contributed by atoms with Crippen molar-refractivity contribution in [2.45, 2.75) is 39.7 Å². The van der Waals surface area contributed by atoms with Gasteiger partial charge in [-0.3, -0.25) is 19.2 Å². The van der Waals surface area contributed by atoms with Crippen molar-refractivity contribution >= 4 is 35.1 Å². The maximum Gasteiger partial charge on any atom is 0.309 e. The van der Waals surface area contributed by atoms with Crippen molar-refractivity contribution < 1.29 is 23.9 Å². The number of nitrogens with one attached hydrogen (secondary N) is 2. The number of ether oxygens (including phenoxy) is 1. The van der Waals surface area contributed by atoms with Gasteiger partial charge in [0, 0.05) is 37.0 Å². The van der Waals surface area contributed by atoms with Crippen molar-refractivity contribution in [3.8, 4) is 0 Å². The van der Waals surface area contributed by atoms with E-state index in [4.69, 9.17) is 4.74 Å². The number of likely N-dealkylation sites (tertiary alicyclic amines) is 1. The number of hydrogen-bond donors (Lipinski definition) is 2. The minimum Gasteiger partial charge on any atom is -0.452 e. The molecule has 1 atom stereocenters. The van der Waals surface area contributed by atoms with Crippen LogP contribution in [-0.2, 0) is 19.1 Å². The molecule has 3 amide bonds. The third-order valence-electron chi connectivity index (χ3n) is 5.63. The average Bonchev–Trinajstić information content (AvgIpc) is 2.80. The van der Waals surface area contributed by atoms with Crippen molar-refractivity contribution in [2.75, 3.05) is 23.7 Å². The summed E-state index contributed by atoms with van der Waals surface area (Å²) in [5, 5.41) is 5.34. The molecule has 1 heterocycles. The van der Waals surface area contributed by atoms with Gasteiger partial charge in [0.2, 0.25) is 5.91 Å². The molecule has 8 nitrogen and oxygen atoms in total. The summed E-state index contributed by atoms with van der Waals surface area (Å²) in [7, 11) is 0. The second kappa shape index (κ2) is 10.8. The SMILES string of the molecule is CC(=O)Nc1ccc(NC(=O)[C@H](C)OC(=O)C2CCN(C(=O)c3ccccc3C)CC2)cc1. The zero-order chi connectivity index (χ0) is 24.0. The van der Waals surface area contributed by atoms with E-state index in [9.17, 15) is 19.2 Å². The molecule has 33 heavy (non-hydrogen) atoms. The summed E-state index contributed by atoms with van der Waals surface area (Å²) in [5.74, 6) is -1.43. The summed E-state index contributed by atoms with van der Waals surface area (Å²) in [6, 6.07) is 14.1. The molecular formula is C25H29N3O5. The van der Waals surface area contributed by atoms with Crippen molar-refractivity contribution in [2.24, 2.45) is 5.92 Å². The predicted molar refractivity (Wildman–Crippen MR) is 125 cm³/mol. The highest BCUT2D eigenvalue weighted by atomic mass is 16.5. The molecule has 3 rings (SSSR count). The van der Waals surface area contributed by atoms with Crippen LogP contribution >= 0.6 is 0 Å². The number of amides is 3. The van der Waals surface area contributed by atoms with Crippen LogP contribution in [0.2, 0.25) is 0 Å². The van der Waals surface area contributed by atoms with Gasteiger partial charge in [-0.2, -0.15) is 0 Å². The van der Waals surface area contributed by atoms with Gasteiger partial charge in [-0.25, -0.2) is 0 Å². The molecule has 8 heteroatoms. The monoisotopic (exact) mass is 451 g/mol. The molecule has 2 N–H and O–H groups in total. The van der Waals surface area contributed by atoms with E-state index in [1.165, 1.54) is 13.8 Å². The summed E-state index contributed by atoms with van der Waals surface area (Å²) in [5.41, 5.74) is 2.75. The number of anilines is 2. The molecular weight excluding hydrogens is 422 g/mol. The van der Waals surface area contributed by atoms with E-state index in [0.717, 1.165) is 5.56 Å². The Kier molecular flexibility index (Phi) is 7.82. The molecule has 2 aromatic carbocycles. The lowest BCUT2D eigenvalue weighted by molar-refractivity contribution is -0.158. The van der Waals surface area contributed by atoms with Gasteiger partial charge in [-0.15, -0.1) is 0 Å². The number of carbonyl (C=O) groups is 4. The van der Waals surface area contributed by atoms with Gasteiger partial charge < -0.3 is 20.3 Å². The molecule has 1 aliphatic rings. The Morgan fingerprint density at radius 3 is 2.09 bits per heavy atom. The first kappa shape index (κ1) is 24.0. The van der Waals surface area contributed by atoms with E-state index in [-0.39, 0.29) is 17.7 Å². The molecule has 0 unspecified atom stereocenters. The molecule has 0 aromatic heterocycles. The van der Waals surface area contributed by atoms with Crippen molar-refractivity contribution in [3.05, 3.63) is 59.7 Å². The number of aryl methyl sites for hydroxylation is 1. The Morgan fingerprint density at radius 2 is 1.52 bits per heavy atom. The highest BCUT2D eigenvalue weighted by Crippen LogP contribution is 2.22. The Balaban J connectivity index is 1.47. The fourth-order valence-electron chi connectivity index (χ4n) is 3.71. The summed E-state index contributed by atoms with van der Waals surface area (Å²) in [6.45, 7) is 5.77. The van der Waals surface area contributed by atoms with E-state index in [1.54, 1.807) is 29.2 Å². The number of carbonyl (C=O) groups excluding carboxylic acids is 4. The summed E-state index contributed by atoms with van der Waals surface area (Å²) < 4.78 is 5.39. The van der Waals surface area contributed by atoms with Crippen molar-refractivity contribution in [3.63, 3.8) is 0 Å². The van der Waals surface area contributed by atoms with Crippen molar-refractivity contribution in [1.82, 2.24) is 4.90 Å². The van der Waals surface area contributed by atoms with E-state index in [2.05, 4.69) is 10.6 Å². The molecule has 174 valence electrons. The average molecular weight is 452 g/mol. The third-order valence-corrected chi connectivity index (χ3v) is 5.63. The molecule has 0 saturated carbocycles. The predicted octanol–water partition coefficient (Wildman–Crippen LogP) is 3.38. The van der Waals surface area contributed by atoms with Gasteiger partial charge in [-0.1, -0.05) is 18.2 Å². The molecule has 0 radical (unpaired) electrons. The smallest absolute Gasteiger partial charge is 0.309 e. The number of hydrogen-bond acceptors (Lipinski definition) is 5. The first-order chi connectivity index (χ1) is 15.7. The van der Waals surface area contributed by atoms with Crippen LogP contribution in [0.15, 0.2) is 48.5 Å².